The second-order valence-electron chi connectivity index (χ2n) is 4.90. The van der Waals surface area contributed by atoms with Crippen molar-refractivity contribution in [3.8, 4) is 5.75 Å². The summed E-state index contributed by atoms with van der Waals surface area (Å²) in [5.41, 5.74) is 1.24. The van der Waals surface area contributed by atoms with E-state index in [9.17, 15) is 4.79 Å². The molecule has 1 N–H and O–H groups in total. The third-order valence-electron chi connectivity index (χ3n) is 3.38. The summed E-state index contributed by atoms with van der Waals surface area (Å²) >= 11 is 0. The number of morpholine rings is 1. The molecule has 1 saturated heterocycles. The minimum atomic E-state index is -0.922. The number of rotatable bonds is 4. The number of benzene rings is 1. The second kappa shape index (κ2) is 5.09. The van der Waals surface area contributed by atoms with E-state index in [1.54, 1.807) is 12.1 Å². The van der Waals surface area contributed by atoms with Gasteiger partial charge in [-0.3, -0.25) is 0 Å². The number of aromatic carboxylic acids is 1. The molecule has 102 valence electrons. The lowest BCUT2D eigenvalue weighted by Crippen LogP contribution is -2.36. The van der Waals surface area contributed by atoms with E-state index in [0.717, 1.165) is 31.6 Å². The first-order valence-electron chi connectivity index (χ1n) is 6.61. The van der Waals surface area contributed by atoms with Gasteiger partial charge in [-0.2, -0.15) is 0 Å². The van der Waals surface area contributed by atoms with Crippen molar-refractivity contribution >= 4 is 11.7 Å². The van der Waals surface area contributed by atoms with Gasteiger partial charge in [0, 0.05) is 13.1 Å². The summed E-state index contributed by atoms with van der Waals surface area (Å²) < 4.78 is 11.2. The standard InChI is InChI=1S/C14H17NO4/c16-14(17)10-1-4-12(15-5-7-18-8-6-15)13(9-10)19-11-2-3-11/h1,4,9,11H,2-3,5-8H2,(H,16,17). The van der Waals surface area contributed by atoms with Crippen LogP contribution >= 0.6 is 0 Å². The van der Waals surface area contributed by atoms with Crippen LogP contribution in [0.2, 0.25) is 0 Å². The second-order valence-corrected chi connectivity index (χ2v) is 4.90. The van der Waals surface area contributed by atoms with Crippen molar-refractivity contribution in [2.45, 2.75) is 18.9 Å². The average Bonchev–Trinajstić information content (AvgIpc) is 3.23. The van der Waals surface area contributed by atoms with Crippen molar-refractivity contribution in [1.29, 1.82) is 0 Å². The predicted molar refractivity (Wildman–Crippen MR) is 70.1 cm³/mol. The van der Waals surface area contributed by atoms with Crippen LogP contribution in [-0.4, -0.2) is 43.5 Å². The minimum Gasteiger partial charge on any atom is -0.488 e. The Morgan fingerprint density at radius 3 is 2.68 bits per heavy atom. The number of anilines is 1. The Kier molecular flexibility index (Phi) is 3.29. The van der Waals surface area contributed by atoms with Gasteiger partial charge in [0.2, 0.25) is 0 Å². The van der Waals surface area contributed by atoms with Gasteiger partial charge in [0.05, 0.1) is 30.6 Å². The number of carboxylic acid groups (broad SMARTS) is 1. The van der Waals surface area contributed by atoms with Crippen LogP contribution in [0.3, 0.4) is 0 Å². The number of hydrogen-bond donors (Lipinski definition) is 1. The van der Waals surface area contributed by atoms with E-state index < -0.39 is 5.97 Å². The highest BCUT2D eigenvalue weighted by Gasteiger charge is 2.26. The van der Waals surface area contributed by atoms with Crippen LogP contribution in [-0.2, 0) is 4.74 Å². The lowest BCUT2D eigenvalue weighted by molar-refractivity contribution is 0.0696. The number of nitrogens with zero attached hydrogens (tertiary/aromatic N) is 1. The minimum absolute atomic E-state index is 0.254. The molecule has 5 heteroatoms. The highest BCUT2D eigenvalue weighted by Crippen LogP contribution is 2.35. The van der Waals surface area contributed by atoms with E-state index in [4.69, 9.17) is 14.6 Å². The van der Waals surface area contributed by atoms with Crippen molar-refractivity contribution in [2.24, 2.45) is 0 Å². The molecule has 1 heterocycles. The molecular formula is C14H17NO4. The topological polar surface area (TPSA) is 59.0 Å². The fraction of sp³-hybridized carbons (Fsp3) is 0.500. The monoisotopic (exact) mass is 263 g/mol. The van der Waals surface area contributed by atoms with Crippen LogP contribution in [0.25, 0.3) is 0 Å². The molecule has 1 saturated carbocycles. The zero-order valence-corrected chi connectivity index (χ0v) is 10.7. The quantitative estimate of drug-likeness (QED) is 0.897. The van der Waals surface area contributed by atoms with Gasteiger partial charge in [0.1, 0.15) is 5.75 Å². The van der Waals surface area contributed by atoms with Gasteiger partial charge in [-0.25, -0.2) is 4.79 Å². The molecule has 1 aromatic carbocycles. The van der Waals surface area contributed by atoms with Crippen molar-refractivity contribution in [3.05, 3.63) is 23.8 Å². The van der Waals surface area contributed by atoms with Gasteiger partial charge in [-0.05, 0) is 31.0 Å². The predicted octanol–water partition coefficient (Wildman–Crippen LogP) is 1.76. The molecule has 0 amide bonds. The van der Waals surface area contributed by atoms with E-state index in [0.29, 0.717) is 19.0 Å². The molecule has 0 atom stereocenters. The normalized spacial score (nSPS) is 19.3. The van der Waals surface area contributed by atoms with Crippen molar-refractivity contribution < 1.29 is 19.4 Å². The van der Waals surface area contributed by atoms with Gasteiger partial charge in [-0.1, -0.05) is 0 Å². The summed E-state index contributed by atoms with van der Waals surface area (Å²) in [5, 5.41) is 9.07. The van der Waals surface area contributed by atoms with Crippen LogP contribution in [0, 0.1) is 0 Å². The number of hydrogen-bond acceptors (Lipinski definition) is 4. The van der Waals surface area contributed by atoms with Crippen LogP contribution in [0.5, 0.6) is 5.75 Å². The number of ether oxygens (including phenoxy) is 2. The summed E-state index contributed by atoms with van der Waals surface area (Å²) in [4.78, 5) is 13.2. The van der Waals surface area contributed by atoms with E-state index in [-0.39, 0.29) is 11.7 Å². The molecule has 3 rings (SSSR count). The van der Waals surface area contributed by atoms with Crippen LogP contribution in [0.1, 0.15) is 23.2 Å². The summed E-state index contributed by atoms with van der Waals surface area (Å²) in [5.74, 6) is -0.238. The molecule has 0 bridgehead atoms. The fourth-order valence-corrected chi connectivity index (χ4v) is 2.17. The van der Waals surface area contributed by atoms with Gasteiger partial charge >= 0.3 is 5.97 Å². The first kappa shape index (κ1) is 12.3. The van der Waals surface area contributed by atoms with E-state index in [1.807, 2.05) is 6.07 Å². The highest BCUT2D eigenvalue weighted by molar-refractivity contribution is 5.89. The Labute approximate surface area is 111 Å². The third-order valence-corrected chi connectivity index (χ3v) is 3.38. The van der Waals surface area contributed by atoms with Crippen molar-refractivity contribution in [3.63, 3.8) is 0 Å². The number of carboxylic acids is 1. The van der Waals surface area contributed by atoms with Gasteiger partial charge in [0.25, 0.3) is 0 Å². The summed E-state index contributed by atoms with van der Waals surface area (Å²) in [6, 6.07) is 5.10. The van der Waals surface area contributed by atoms with Crippen LogP contribution in [0.4, 0.5) is 5.69 Å². The molecule has 1 aliphatic carbocycles. The fourth-order valence-electron chi connectivity index (χ4n) is 2.17. The maximum atomic E-state index is 11.1. The molecule has 1 aliphatic heterocycles. The van der Waals surface area contributed by atoms with Gasteiger partial charge in [0.15, 0.2) is 0 Å². The Hall–Kier alpha value is -1.75. The molecule has 2 aliphatic rings. The first-order valence-corrected chi connectivity index (χ1v) is 6.61. The Morgan fingerprint density at radius 1 is 1.32 bits per heavy atom. The highest BCUT2D eigenvalue weighted by atomic mass is 16.5. The van der Waals surface area contributed by atoms with E-state index in [1.165, 1.54) is 0 Å². The molecule has 5 nitrogen and oxygen atoms in total. The molecular weight excluding hydrogens is 246 g/mol. The SMILES string of the molecule is O=C(O)c1ccc(N2CCOCC2)c(OC2CC2)c1. The Bertz CT molecular complexity index is 478. The molecule has 0 spiro atoms. The molecule has 0 unspecified atom stereocenters. The molecule has 1 aromatic rings. The largest absolute Gasteiger partial charge is 0.488 e. The zero-order chi connectivity index (χ0) is 13.2. The Morgan fingerprint density at radius 2 is 2.05 bits per heavy atom. The summed E-state index contributed by atoms with van der Waals surface area (Å²) in [7, 11) is 0. The lowest BCUT2D eigenvalue weighted by atomic mass is 10.1. The summed E-state index contributed by atoms with van der Waals surface area (Å²) in [6.45, 7) is 3.02. The lowest BCUT2D eigenvalue weighted by Gasteiger charge is -2.30. The van der Waals surface area contributed by atoms with E-state index in [2.05, 4.69) is 4.90 Å². The number of carbonyl (C=O) groups is 1. The van der Waals surface area contributed by atoms with Crippen LogP contribution in [0.15, 0.2) is 18.2 Å². The van der Waals surface area contributed by atoms with Crippen molar-refractivity contribution in [2.75, 3.05) is 31.2 Å². The first-order chi connectivity index (χ1) is 9.24. The van der Waals surface area contributed by atoms with E-state index >= 15 is 0 Å². The molecule has 0 aromatic heterocycles. The van der Waals surface area contributed by atoms with Gasteiger partial charge in [-0.15, -0.1) is 0 Å². The smallest absolute Gasteiger partial charge is 0.335 e. The molecule has 0 radical (unpaired) electrons. The van der Waals surface area contributed by atoms with Crippen molar-refractivity contribution in [1.82, 2.24) is 0 Å². The molecule has 2 fully saturated rings. The third kappa shape index (κ3) is 2.81. The van der Waals surface area contributed by atoms with Gasteiger partial charge < -0.3 is 19.5 Å². The maximum absolute atomic E-state index is 11.1. The summed E-state index contributed by atoms with van der Waals surface area (Å²) in [6.07, 6.45) is 2.36. The average molecular weight is 263 g/mol. The molecule has 19 heavy (non-hydrogen) atoms. The van der Waals surface area contributed by atoms with Crippen LogP contribution < -0.4 is 9.64 Å². The maximum Gasteiger partial charge on any atom is 0.335 e. The Balaban J connectivity index is 1.89. The zero-order valence-electron chi connectivity index (χ0n) is 10.7.